The maximum absolute atomic E-state index is 13.1. The van der Waals surface area contributed by atoms with Gasteiger partial charge in [0.1, 0.15) is 11.0 Å². The molecule has 0 aliphatic heterocycles. The Balaban J connectivity index is 2.43. The molecular weight excluding hydrogens is 331 g/mol. The fourth-order valence-electron chi connectivity index (χ4n) is 1.40. The third-order valence-corrected chi connectivity index (χ3v) is 3.30. The summed E-state index contributed by atoms with van der Waals surface area (Å²) in [7, 11) is -3.72. The van der Waals surface area contributed by atoms with E-state index < -0.39 is 32.4 Å². The van der Waals surface area contributed by atoms with Crippen molar-refractivity contribution >= 4 is 32.9 Å². The van der Waals surface area contributed by atoms with Crippen LogP contribution in [0.2, 0.25) is 5.15 Å². The molecule has 10 heteroatoms. The zero-order valence-corrected chi connectivity index (χ0v) is 11.9. The van der Waals surface area contributed by atoms with Crippen molar-refractivity contribution in [3.05, 3.63) is 40.8 Å². The van der Waals surface area contributed by atoms with Crippen molar-refractivity contribution in [2.45, 2.75) is 5.16 Å². The summed E-state index contributed by atoms with van der Waals surface area (Å²) in [5.41, 5.74) is -0.166. The Morgan fingerprint density at radius 1 is 1.10 bits per heavy atom. The second-order valence-corrected chi connectivity index (χ2v) is 6.31. The number of benzene rings is 1. The molecule has 5 nitrogen and oxygen atoms in total. The van der Waals surface area contributed by atoms with Crippen LogP contribution in [0.5, 0.6) is 0 Å². The van der Waals surface area contributed by atoms with Crippen molar-refractivity contribution in [2.24, 2.45) is 0 Å². The summed E-state index contributed by atoms with van der Waals surface area (Å²) in [4.78, 5) is 7.16. The van der Waals surface area contributed by atoms with Crippen LogP contribution in [-0.2, 0) is 9.84 Å². The fraction of sp³-hybridized carbons (Fsp3) is 0.0909. The summed E-state index contributed by atoms with van der Waals surface area (Å²) in [6.07, 6.45) is 0.875. The Kier molecular flexibility index (Phi) is 4.06. The lowest BCUT2D eigenvalue weighted by Crippen LogP contribution is -2.06. The molecule has 21 heavy (non-hydrogen) atoms. The Bertz CT molecular complexity index is 791. The molecule has 0 radical (unpaired) electrons. The third kappa shape index (κ3) is 3.61. The maximum atomic E-state index is 13.1. The average molecular weight is 338 g/mol. The van der Waals surface area contributed by atoms with E-state index in [2.05, 4.69) is 15.3 Å². The van der Waals surface area contributed by atoms with Gasteiger partial charge in [0.05, 0.1) is 0 Å². The highest BCUT2D eigenvalue weighted by Gasteiger charge is 2.15. The van der Waals surface area contributed by atoms with Crippen molar-refractivity contribution in [3.8, 4) is 0 Å². The van der Waals surface area contributed by atoms with E-state index in [1.54, 1.807) is 0 Å². The molecule has 1 N–H and O–H groups in total. The molecule has 0 saturated carbocycles. The first-order chi connectivity index (χ1) is 9.66. The molecule has 0 amide bonds. The Morgan fingerprint density at radius 2 is 1.67 bits per heavy atom. The molecule has 0 atom stereocenters. The van der Waals surface area contributed by atoms with E-state index in [0.717, 1.165) is 12.3 Å². The number of nitrogens with zero attached hydrogens (tertiary/aromatic N) is 2. The Hall–Kier alpha value is -1.87. The minimum atomic E-state index is -3.72. The summed E-state index contributed by atoms with van der Waals surface area (Å²) in [6, 6.07) is 2.53. The lowest BCUT2D eigenvalue weighted by atomic mass is 10.3. The van der Waals surface area contributed by atoms with Crippen LogP contribution in [0.1, 0.15) is 0 Å². The van der Waals surface area contributed by atoms with E-state index in [0.29, 0.717) is 12.1 Å². The molecule has 1 aromatic heterocycles. The normalized spacial score (nSPS) is 11.5. The first kappa shape index (κ1) is 15.5. The Labute approximate surface area is 122 Å². The van der Waals surface area contributed by atoms with Gasteiger partial charge >= 0.3 is 0 Å². The van der Waals surface area contributed by atoms with Crippen molar-refractivity contribution in [3.63, 3.8) is 0 Å². The predicted molar refractivity (Wildman–Crippen MR) is 69.8 cm³/mol. The lowest BCUT2D eigenvalue weighted by Gasteiger charge is -2.08. The van der Waals surface area contributed by atoms with E-state index in [1.165, 1.54) is 0 Å². The molecule has 2 aromatic rings. The SMILES string of the molecule is CS(=O)(=O)c1nc(Cl)cc(Nc2cc(F)c(F)c(F)c2)n1. The highest BCUT2D eigenvalue weighted by molar-refractivity contribution is 7.90. The number of anilines is 2. The summed E-state index contributed by atoms with van der Waals surface area (Å²) in [6.45, 7) is 0. The van der Waals surface area contributed by atoms with E-state index in [-0.39, 0.29) is 16.7 Å². The van der Waals surface area contributed by atoms with Crippen LogP contribution in [0.25, 0.3) is 0 Å². The van der Waals surface area contributed by atoms with Crippen molar-refractivity contribution in [2.75, 3.05) is 11.6 Å². The molecule has 1 aromatic carbocycles. The van der Waals surface area contributed by atoms with Crippen LogP contribution in [0, 0.1) is 17.5 Å². The fourth-order valence-corrected chi connectivity index (χ4v) is 2.16. The van der Waals surface area contributed by atoms with Gasteiger partial charge in [-0.3, -0.25) is 0 Å². The zero-order valence-electron chi connectivity index (χ0n) is 10.4. The van der Waals surface area contributed by atoms with Crippen LogP contribution in [0.3, 0.4) is 0 Å². The lowest BCUT2D eigenvalue weighted by molar-refractivity contribution is 0.448. The predicted octanol–water partition coefficient (Wildman–Crippen LogP) is 2.69. The van der Waals surface area contributed by atoms with Gasteiger partial charge in [0.25, 0.3) is 0 Å². The van der Waals surface area contributed by atoms with Gasteiger partial charge in [-0.2, -0.15) is 0 Å². The van der Waals surface area contributed by atoms with E-state index in [1.807, 2.05) is 0 Å². The topological polar surface area (TPSA) is 72.0 Å². The second-order valence-electron chi connectivity index (χ2n) is 4.01. The first-order valence-electron chi connectivity index (χ1n) is 5.33. The molecule has 0 bridgehead atoms. The number of halogens is 4. The zero-order chi connectivity index (χ0) is 15.8. The van der Waals surface area contributed by atoms with Crippen molar-refractivity contribution in [1.82, 2.24) is 9.97 Å². The van der Waals surface area contributed by atoms with Crippen molar-refractivity contribution in [1.29, 1.82) is 0 Å². The summed E-state index contributed by atoms with van der Waals surface area (Å²) in [5, 5.41) is 1.68. The summed E-state index contributed by atoms with van der Waals surface area (Å²) < 4.78 is 61.7. The molecule has 0 aliphatic carbocycles. The molecule has 0 fully saturated rings. The van der Waals surface area contributed by atoms with Gasteiger partial charge in [-0.05, 0) is 0 Å². The van der Waals surface area contributed by atoms with Crippen LogP contribution in [0.15, 0.2) is 23.4 Å². The van der Waals surface area contributed by atoms with Gasteiger partial charge in [-0.1, -0.05) is 11.6 Å². The molecule has 1 heterocycles. The number of hydrogen-bond donors (Lipinski definition) is 1. The highest BCUT2D eigenvalue weighted by Crippen LogP contribution is 2.22. The first-order valence-corrected chi connectivity index (χ1v) is 7.60. The quantitative estimate of drug-likeness (QED) is 0.529. The third-order valence-electron chi connectivity index (χ3n) is 2.26. The van der Waals surface area contributed by atoms with Crippen LogP contribution >= 0.6 is 11.6 Å². The minimum Gasteiger partial charge on any atom is -0.340 e. The number of hydrogen-bond acceptors (Lipinski definition) is 5. The summed E-state index contributed by atoms with van der Waals surface area (Å²) >= 11 is 5.65. The molecule has 0 aliphatic rings. The van der Waals surface area contributed by atoms with Crippen molar-refractivity contribution < 1.29 is 21.6 Å². The van der Waals surface area contributed by atoms with Gasteiger partial charge in [0.15, 0.2) is 17.5 Å². The van der Waals surface area contributed by atoms with Crippen LogP contribution < -0.4 is 5.32 Å². The summed E-state index contributed by atoms with van der Waals surface area (Å²) in [5.74, 6) is -4.53. The molecule has 0 saturated heterocycles. The van der Waals surface area contributed by atoms with Gasteiger partial charge in [0, 0.05) is 30.1 Å². The monoisotopic (exact) mass is 337 g/mol. The molecule has 2 rings (SSSR count). The Morgan fingerprint density at radius 3 is 2.19 bits per heavy atom. The van der Waals surface area contributed by atoms with E-state index >= 15 is 0 Å². The van der Waals surface area contributed by atoms with Crippen LogP contribution in [0.4, 0.5) is 24.7 Å². The van der Waals surface area contributed by atoms with Gasteiger partial charge in [0.2, 0.25) is 15.0 Å². The average Bonchev–Trinajstić information content (AvgIpc) is 2.34. The van der Waals surface area contributed by atoms with Gasteiger partial charge in [-0.15, -0.1) is 0 Å². The number of sulfone groups is 1. The number of aromatic nitrogens is 2. The number of nitrogens with one attached hydrogen (secondary N) is 1. The standard InChI is InChI=1S/C11H7ClF3N3O2S/c1-21(19,20)11-17-8(12)4-9(18-11)16-5-2-6(13)10(15)7(14)3-5/h2-4H,1H3,(H,16,17,18). The molecule has 112 valence electrons. The maximum Gasteiger partial charge on any atom is 0.250 e. The van der Waals surface area contributed by atoms with Crippen LogP contribution in [-0.4, -0.2) is 24.6 Å². The largest absolute Gasteiger partial charge is 0.340 e. The van der Waals surface area contributed by atoms with E-state index in [4.69, 9.17) is 11.6 Å². The second kappa shape index (κ2) is 5.49. The number of rotatable bonds is 3. The van der Waals surface area contributed by atoms with Gasteiger partial charge in [-0.25, -0.2) is 31.6 Å². The highest BCUT2D eigenvalue weighted by atomic mass is 35.5. The van der Waals surface area contributed by atoms with Gasteiger partial charge < -0.3 is 5.32 Å². The molecule has 0 spiro atoms. The molecule has 0 unspecified atom stereocenters. The van der Waals surface area contributed by atoms with E-state index in [9.17, 15) is 21.6 Å². The minimum absolute atomic E-state index is 0.110. The molecular formula is C11H7ClF3N3O2S. The smallest absolute Gasteiger partial charge is 0.250 e.